The molecule has 7 heteroatoms. The van der Waals surface area contributed by atoms with E-state index in [1.165, 1.54) is 11.3 Å². The number of hydrogen-bond donors (Lipinski definition) is 1. The predicted molar refractivity (Wildman–Crippen MR) is 98.0 cm³/mol. The number of thiophene rings is 1. The molecule has 0 radical (unpaired) electrons. The average molecular weight is 369 g/mol. The van der Waals surface area contributed by atoms with Gasteiger partial charge >= 0.3 is 0 Å². The van der Waals surface area contributed by atoms with E-state index in [0.717, 1.165) is 30.0 Å². The number of nitrogens with zero attached hydrogens (tertiary/aromatic N) is 2. The summed E-state index contributed by atoms with van der Waals surface area (Å²) in [6.07, 6.45) is 2.01. The molecule has 4 rings (SSSR count). The highest BCUT2D eigenvalue weighted by molar-refractivity contribution is 7.10. The summed E-state index contributed by atoms with van der Waals surface area (Å²) in [6.45, 7) is 3.12. The van der Waals surface area contributed by atoms with Crippen LogP contribution in [0.1, 0.15) is 34.9 Å². The zero-order chi connectivity index (χ0) is 18.3. The largest absolute Gasteiger partial charge is 0.440 e. The van der Waals surface area contributed by atoms with Crippen molar-refractivity contribution in [3.05, 3.63) is 61.5 Å². The number of hydrogen-bond acceptors (Lipinski definition) is 6. The van der Waals surface area contributed by atoms with E-state index >= 15 is 0 Å². The highest BCUT2D eigenvalue weighted by atomic mass is 32.1. The first kappa shape index (κ1) is 16.9. The van der Waals surface area contributed by atoms with Gasteiger partial charge in [-0.1, -0.05) is 6.07 Å². The Bertz CT molecular complexity index is 963. The average Bonchev–Trinajstić information content (AvgIpc) is 3.31. The number of nitriles is 1. The molecule has 2 aliphatic heterocycles. The topological polar surface area (TPSA) is 90.3 Å². The minimum Gasteiger partial charge on any atom is -0.440 e. The van der Waals surface area contributed by atoms with Gasteiger partial charge in [0.1, 0.15) is 17.4 Å². The molecule has 1 saturated heterocycles. The lowest BCUT2D eigenvalue weighted by Crippen LogP contribution is -2.34. The van der Waals surface area contributed by atoms with Crippen molar-refractivity contribution in [2.45, 2.75) is 38.3 Å². The van der Waals surface area contributed by atoms with Crippen molar-refractivity contribution in [1.82, 2.24) is 4.57 Å². The van der Waals surface area contributed by atoms with Crippen LogP contribution in [0.15, 0.2) is 39.8 Å². The molecule has 0 amide bonds. The van der Waals surface area contributed by atoms with Crippen LogP contribution in [0.4, 0.5) is 0 Å². The number of fused-ring (bicyclic) bond motifs is 1. The SMILES string of the molecule is Cc1cc2c(c(=O)n1C[C@@H]1CCCO1)[C@H](c1cccs1)C(C#N)=C(N)O2. The van der Waals surface area contributed by atoms with E-state index in [1.807, 2.05) is 30.5 Å². The van der Waals surface area contributed by atoms with Crippen LogP contribution in [0.3, 0.4) is 0 Å². The van der Waals surface area contributed by atoms with E-state index in [4.69, 9.17) is 15.2 Å². The fourth-order valence-electron chi connectivity index (χ4n) is 3.65. The summed E-state index contributed by atoms with van der Waals surface area (Å²) >= 11 is 1.50. The highest BCUT2D eigenvalue weighted by Crippen LogP contribution is 2.42. The summed E-state index contributed by atoms with van der Waals surface area (Å²) in [5.41, 5.74) is 7.39. The second-order valence-electron chi connectivity index (χ2n) is 6.55. The molecule has 0 spiro atoms. The second kappa shape index (κ2) is 6.63. The van der Waals surface area contributed by atoms with Crippen LogP contribution in [-0.2, 0) is 11.3 Å². The van der Waals surface area contributed by atoms with Crippen molar-refractivity contribution >= 4 is 11.3 Å². The minimum atomic E-state index is -0.493. The fraction of sp³-hybridized carbons (Fsp3) is 0.368. The first-order chi connectivity index (χ1) is 12.6. The van der Waals surface area contributed by atoms with E-state index in [2.05, 4.69) is 6.07 Å². The third-order valence-electron chi connectivity index (χ3n) is 4.93. The summed E-state index contributed by atoms with van der Waals surface area (Å²) in [4.78, 5) is 14.3. The lowest BCUT2D eigenvalue weighted by Gasteiger charge is -2.27. The van der Waals surface area contributed by atoms with E-state index < -0.39 is 5.92 Å². The molecule has 0 saturated carbocycles. The maximum atomic E-state index is 13.4. The van der Waals surface area contributed by atoms with Crippen molar-refractivity contribution in [1.29, 1.82) is 5.26 Å². The van der Waals surface area contributed by atoms with Crippen LogP contribution in [0.5, 0.6) is 5.75 Å². The molecule has 2 atom stereocenters. The van der Waals surface area contributed by atoms with E-state index in [0.29, 0.717) is 17.9 Å². The quantitative estimate of drug-likeness (QED) is 0.898. The van der Waals surface area contributed by atoms with Gasteiger partial charge < -0.3 is 19.8 Å². The van der Waals surface area contributed by atoms with Crippen LogP contribution in [-0.4, -0.2) is 17.3 Å². The van der Waals surface area contributed by atoms with Crippen molar-refractivity contribution < 1.29 is 9.47 Å². The molecule has 2 N–H and O–H groups in total. The van der Waals surface area contributed by atoms with Gasteiger partial charge in [-0.05, 0) is 31.2 Å². The maximum Gasteiger partial charge on any atom is 0.258 e. The molecular formula is C19H19N3O3S. The number of nitrogens with two attached hydrogens (primary N) is 1. The Morgan fingerprint density at radius 3 is 3.00 bits per heavy atom. The zero-order valence-corrected chi connectivity index (χ0v) is 15.2. The van der Waals surface area contributed by atoms with Gasteiger partial charge in [0.05, 0.1) is 24.1 Å². The zero-order valence-electron chi connectivity index (χ0n) is 14.4. The monoisotopic (exact) mass is 369 g/mol. The molecule has 0 aromatic carbocycles. The van der Waals surface area contributed by atoms with Gasteiger partial charge in [0.2, 0.25) is 5.88 Å². The molecule has 26 heavy (non-hydrogen) atoms. The molecule has 4 heterocycles. The number of pyridine rings is 1. The van der Waals surface area contributed by atoms with Gasteiger partial charge in [-0.25, -0.2) is 0 Å². The molecule has 0 unspecified atom stereocenters. The first-order valence-electron chi connectivity index (χ1n) is 8.57. The third kappa shape index (κ3) is 2.71. The third-order valence-corrected chi connectivity index (χ3v) is 5.86. The summed E-state index contributed by atoms with van der Waals surface area (Å²) in [6, 6.07) is 7.78. The molecule has 134 valence electrons. The summed E-state index contributed by atoms with van der Waals surface area (Å²) in [7, 11) is 0. The number of rotatable bonds is 3. The molecule has 6 nitrogen and oxygen atoms in total. The van der Waals surface area contributed by atoms with E-state index in [-0.39, 0.29) is 23.1 Å². The molecule has 0 aliphatic carbocycles. The first-order valence-corrected chi connectivity index (χ1v) is 9.45. The van der Waals surface area contributed by atoms with Crippen molar-refractivity contribution in [3.63, 3.8) is 0 Å². The van der Waals surface area contributed by atoms with Gasteiger partial charge in [-0.15, -0.1) is 11.3 Å². The Labute approximate surface area is 155 Å². The highest BCUT2D eigenvalue weighted by Gasteiger charge is 2.35. The van der Waals surface area contributed by atoms with Gasteiger partial charge in [0.25, 0.3) is 5.56 Å². The molecule has 2 aliphatic rings. The second-order valence-corrected chi connectivity index (χ2v) is 7.53. The Hall–Kier alpha value is -2.56. The van der Waals surface area contributed by atoms with Crippen LogP contribution >= 0.6 is 11.3 Å². The Balaban J connectivity index is 1.88. The Morgan fingerprint density at radius 2 is 2.35 bits per heavy atom. The van der Waals surface area contributed by atoms with Gasteiger partial charge in [0, 0.05) is 23.2 Å². The standard InChI is InChI=1S/C19H19N3O3S/c1-11-8-14-17(19(23)22(11)10-12-4-2-6-24-12)16(15-5-3-7-26-15)13(9-20)18(21)25-14/h3,5,7-8,12,16H,2,4,6,10,21H2,1H3/t12-,16-/m0/s1. The minimum absolute atomic E-state index is 0.0465. The summed E-state index contributed by atoms with van der Waals surface area (Å²) in [5.74, 6) is 0.00710. The number of allylic oxidation sites excluding steroid dienone is 1. The molecular weight excluding hydrogens is 350 g/mol. The van der Waals surface area contributed by atoms with Crippen molar-refractivity contribution in [2.24, 2.45) is 5.73 Å². The lowest BCUT2D eigenvalue weighted by molar-refractivity contribution is 0.0955. The smallest absolute Gasteiger partial charge is 0.258 e. The summed E-state index contributed by atoms with van der Waals surface area (Å²) in [5, 5.41) is 11.5. The number of ether oxygens (including phenoxy) is 2. The normalized spacial score (nSPS) is 22.0. The lowest BCUT2D eigenvalue weighted by atomic mass is 9.88. The number of aryl methyl sites for hydroxylation is 1. The van der Waals surface area contributed by atoms with Crippen LogP contribution in [0.2, 0.25) is 0 Å². The van der Waals surface area contributed by atoms with Crippen LogP contribution < -0.4 is 16.0 Å². The number of aromatic nitrogens is 1. The van der Waals surface area contributed by atoms with E-state index in [1.54, 1.807) is 4.57 Å². The Morgan fingerprint density at radius 1 is 1.50 bits per heavy atom. The van der Waals surface area contributed by atoms with Crippen molar-refractivity contribution in [2.75, 3.05) is 6.61 Å². The van der Waals surface area contributed by atoms with Gasteiger partial charge in [-0.3, -0.25) is 4.79 Å². The Kier molecular flexibility index (Phi) is 4.31. The van der Waals surface area contributed by atoms with Crippen LogP contribution in [0, 0.1) is 18.3 Å². The molecule has 0 bridgehead atoms. The van der Waals surface area contributed by atoms with E-state index in [9.17, 15) is 10.1 Å². The van der Waals surface area contributed by atoms with Crippen molar-refractivity contribution in [3.8, 4) is 11.8 Å². The molecule has 2 aromatic rings. The fourth-order valence-corrected chi connectivity index (χ4v) is 4.49. The van der Waals surface area contributed by atoms with Gasteiger partial charge in [-0.2, -0.15) is 5.26 Å². The molecule has 2 aromatic heterocycles. The molecule has 1 fully saturated rings. The van der Waals surface area contributed by atoms with Gasteiger partial charge in [0.15, 0.2) is 0 Å². The summed E-state index contributed by atoms with van der Waals surface area (Å²) < 4.78 is 13.1. The van der Waals surface area contributed by atoms with Crippen LogP contribution in [0.25, 0.3) is 0 Å². The maximum absolute atomic E-state index is 13.4. The predicted octanol–water partition coefficient (Wildman–Crippen LogP) is 2.62.